The molecular formula is C16H30N2. The number of hydrogen-bond donors (Lipinski definition) is 1. The Kier molecular flexibility index (Phi) is 4.25. The summed E-state index contributed by atoms with van der Waals surface area (Å²) in [5.41, 5.74) is 0. The second kappa shape index (κ2) is 5.92. The van der Waals surface area contributed by atoms with Crippen molar-refractivity contribution >= 4 is 0 Å². The van der Waals surface area contributed by atoms with Crippen LogP contribution in [0.5, 0.6) is 0 Å². The first-order valence-corrected chi connectivity index (χ1v) is 8.32. The molecular weight excluding hydrogens is 220 g/mol. The molecule has 3 aliphatic rings. The molecule has 0 atom stereocenters. The highest BCUT2D eigenvalue weighted by atomic mass is 15.2. The van der Waals surface area contributed by atoms with E-state index in [1.54, 1.807) is 0 Å². The molecule has 0 heterocycles. The van der Waals surface area contributed by atoms with E-state index in [2.05, 4.69) is 17.1 Å². The van der Waals surface area contributed by atoms with E-state index < -0.39 is 0 Å². The first-order valence-electron chi connectivity index (χ1n) is 8.32. The third-order valence-electron chi connectivity index (χ3n) is 5.09. The molecule has 2 heteroatoms. The van der Waals surface area contributed by atoms with E-state index in [0.717, 1.165) is 30.5 Å². The van der Waals surface area contributed by atoms with Crippen molar-refractivity contribution < 1.29 is 0 Å². The Bertz CT molecular complexity index is 236. The van der Waals surface area contributed by atoms with E-state index in [-0.39, 0.29) is 0 Å². The SMILES string of the molecule is CCNC1CCC(N(CC2CC2)CC2CC2)CC1. The Morgan fingerprint density at radius 3 is 1.83 bits per heavy atom. The lowest BCUT2D eigenvalue weighted by Crippen LogP contribution is -2.44. The van der Waals surface area contributed by atoms with Gasteiger partial charge in [-0.05, 0) is 69.7 Å². The summed E-state index contributed by atoms with van der Waals surface area (Å²) in [4.78, 5) is 2.89. The van der Waals surface area contributed by atoms with Crippen LogP contribution in [0, 0.1) is 11.8 Å². The molecule has 3 aliphatic carbocycles. The maximum absolute atomic E-state index is 3.63. The average Bonchev–Trinajstić information content (AvgIpc) is 3.25. The second-order valence-electron chi connectivity index (χ2n) is 6.90. The normalized spacial score (nSPS) is 33.0. The first kappa shape index (κ1) is 12.9. The predicted molar refractivity (Wildman–Crippen MR) is 76.7 cm³/mol. The fourth-order valence-electron chi connectivity index (χ4n) is 3.57. The van der Waals surface area contributed by atoms with Gasteiger partial charge in [-0.25, -0.2) is 0 Å². The highest BCUT2D eigenvalue weighted by Crippen LogP contribution is 2.36. The van der Waals surface area contributed by atoms with E-state index in [0.29, 0.717) is 0 Å². The lowest BCUT2D eigenvalue weighted by Gasteiger charge is -2.37. The second-order valence-corrected chi connectivity index (χ2v) is 6.90. The molecule has 3 rings (SSSR count). The molecule has 0 unspecified atom stereocenters. The van der Waals surface area contributed by atoms with Gasteiger partial charge in [-0.3, -0.25) is 4.90 Å². The standard InChI is InChI=1S/C16H30N2/c1-2-17-15-7-9-16(10-8-15)18(11-13-3-4-13)12-14-5-6-14/h13-17H,2-12H2,1H3. The van der Waals surface area contributed by atoms with E-state index in [1.807, 2.05) is 0 Å². The Morgan fingerprint density at radius 2 is 1.39 bits per heavy atom. The maximum Gasteiger partial charge on any atom is 0.00966 e. The molecule has 0 aliphatic heterocycles. The third kappa shape index (κ3) is 3.71. The maximum atomic E-state index is 3.63. The number of nitrogens with zero attached hydrogens (tertiary/aromatic N) is 1. The van der Waals surface area contributed by atoms with Crippen LogP contribution in [0.15, 0.2) is 0 Å². The highest BCUT2D eigenvalue weighted by Gasteiger charge is 2.33. The van der Waals surface area contributed by atoms with Gasteiger partial charge in [-0.1, -0.05) is 6.92 Å². The van der Waals surface area contributed by atoms with Gasteiger partial charge in [0, 0.05) is 25.2 Å². The predicted octanol–water partition coefficient (Wildman–Crippen LogP) is 3.03. The van der Waals surface area contributed by atoms with Gasteiger partial charge < -0.3 is 5.32 Å². The van der Waals surface area contributed by atoms with Crippen LogP contribution in [-0.4, -0.2) is 36.6 Å². The molecule has 0 aromatic heterocycles. The fraction of sp³-hybridized carbons (Fsp3) is 1.00. The number of rotatable bonds is 7. The van der Waals surface area contributed by atoms with Crippen molar-refractivity contribution in [1.29, 1.82) is 0 Å². The van der Waals surface area contributed by atoms with Crippen LogP contribution in [0.25, 0.3) is 0 Å². The van der Waals surface area contributed by atoms with Crippen molar-refractivity contribution in [3.05, 3.63) is 0 Å². The monoisotopic (exact) mass is 250 g/mol. The van der Waals surface area contributed by atoms with Gasteiger partial charge in [-0.2, -0.15) is 0 Å². The van der Waals surface area contributed by atoms with Crippen molar-refractivity contribution in [2.45, 2.75) is 70.4 Å². The van der Waals surface area contributed by atoms with E-state index in [4.69, 9.17) is 0 Å². The summed E-state index contributed by atoms with van der Waals surface area (Å²) >= 11 is 0. The molecule has 1 N–H and O–H groups in total. The summed E-state index contributed by atoms with van der Waals surface area (Å²) in [7, 11) is 0. The van der Waals surface area contributed by atoms with Crippen molar-refractivity contribution in [2.24, 2.45) is 11.8 Å². The lowest BCUT2D eigenvalue weighted by molar-refractivity contribution is 0.132. The van der Waals surface area contributed by atoms with Crippen LogP contribution in [-0.2, 0) is 0 Å². The number of hydrogen-bond acceptors (Lipinski definition) is 2. The Hall–Kier alpha value is -0.0800. The van der Waals surface area contributed by atoms with E-state index in [9.17, 15) is 0 Å². The van der Waals surface area contributed by atoms with Crippen molar-refractivity contribution in [3.8, 4) is 0 Å². The van der Waals surface area contributed by atoms with Crippen LogP contribution < -0.4 is 5.32 Å². The summed E-state index contributed by atoms with van der Waals surface area (Å²) in [6, 6.07) is 1.73. The van der Waals surface area contributed by atoms with E-state index >= 15 is 0 Å². The largest absolute Gasteiger partial charge is 0.314 e. The smallest absolute Gasteiger partial charge is 0.00966 e. The zero-order valence-electron chi connectivity index (χ0n) is 12.0. The molecule has 18 heavy (non-hydrogen) atoms. The summed E-state index contributed by atoms with van der Waals surface area (Å²) in [5.74, 6) is 2.13. The van der Waals surface area contributed by atoms with Crippen LogP contribution in [0.3, 0.4) is 0 Å². The molecule has 3 saturated carbocycles. The van der Waals surface area contributed by atoms with Crippen molar-refractivity contribution in [3.63, 3.8) is 0 Å². The summed E-state index contributed by atoms with van der Waals surface area (Å²) < 4.78 is 0. The van der Waals surface area contributed by atoms with Crippen LogP contribution >= 0.6 is 0 Å². The summed E-state index contributed by atoms with van der Waals surface area (Å²) in [5, 5.41) is 3.63. The minimum atomic E-state index is 0.815. The van der Waals surface area contributed by atoms with Gasteiger partial charge in [0.2, 0.25) is 0 Å². The van der Waals surface area contributed by atoms with Gasteiger partial charge in [0.25, 0.3) is 0 Å². The third-order valence-corrected chi connectivity index (χ3v) is 5.09. The molecule has 0 bridgehead atoms. The van der Waals surface area contributed by atoms with Gasteiger partial charge in [-0.15, -0.1) is 0 Å². The van der Waals surface area contributed by atoms with E-state index in [1.165, 1.54) is 64.5 Å². The van der Waals surface area contributed by atoms with Crippen LogP contribution in [0.4, 0.5) is 0 Å². The quantitative estimate of drug-likeness (QED) is 0.747. The van der Waals surface area contributed by atoms with Gasteiger partial charge in [0.05, 0.1) is 0 Å². The molecule has 104 valence electrons. The lowest BCUT2D eigenvalue weighted by atomic mass is 9.89. The molecule has 0 radical (unpaired) electrons. The zero-order chi connectivity index (χ0) is 12.4. The molecule has 3 fully saturated rings. The van der Waals surface area contributed by atoms with Crippen molar-refractivity contribution in [2.75, 3.05) is 19.6 Å². The molecule has 0 spiro atoms. The average molecular weight is 250 g/mol. The topological polar surface area (TPSA) is 15.3 Å². The number of nitrogens with one attached hydrogen (secondary N) is 1. The van der Waals surface area contributed by atoms with Gasteiger partial charge in [0.15, 0.2) is 0 Å². The summed E-state index contributed by atoms with van der Waals surface area (Å²) in [6.45, 7) is 6.22. The Labute approximate surface area is 113 Å². The molecule has 0 saturated heterocycles. The van der Waals surface area contributed by atoms with Crippen molar-refractivity contribution in [1.82, 2.24) is 10.2 Å². The zero-order valence-corrected chi connectivity index (χ0v) is 12.0. The summed E-state index contributed by atoms with van der Waals surface area (Å²) in [6.07, 6.45) is 11.7. The molecule has 0 aromatic rings. The first-order chi connectivity index (χ1) is 8.85. The minimum Gasteiger partial charge on any atom is -0.314 e. The van der Waals surface area contributed by atoms with Crippen LogP contribution in [0.1, 0.15) is 58.3 Å². The molecule has 0 amide bonds. The minimum absolute atomic E-state index is 0.815. The molecule has 2 nitrogen and oxygen atoms in total. The Morgan fingerprint density at radius 1 is 0.833 bits per heavy atom. The van der Waals surface area contributed by atoms with Crippen LogP contribution in [0.2, 0.25) is 0 Å². The fourth-order valence-corrected chi connectivity index (χ4v) is 3.57. The molecule has 0 aromatic carbocycles. The highest BCUT2D eigenvalue weighted by molar-refractivity contribution is 4.89. The Balaban J connectivity index is 1.47. The van der Waals surface area contributed by atoms with Gasteiger partial charge in [0.1, 0.15) is 0 Å². The van der Waals surface area contributed by atoms with Gasteiger partial charge >= 0.3 is 0 Å².